The Bertz CT molecular complexity index is 460. The van der Waals surface area contributed by atoms with Gasteiger partial charge in [-0.25, -0.2) is 0 Å². The fourth-order valence-electron chi connectivity index (χ4n) is 1.90. The topological polar surface area (TPSA) is 89.5 Å². The van der Waals surface area contributed by atoms with Gasteiger partial charge in [-0.1, -0.05) is 19.9 Å². The molecule has 0 aromatic heterocycles. The van der Waals surface area contributed by atoms with Crippen molar-refractivity contribution in [1.29, 1.82) is 0 Å². The lowest BCUT2D eigenvalue weighted by molar-refractivity contribution is -0.384. The second-order valence-electron chi connectivity index (χ2n) is 3.71. The van der Waals surface area contributed by atoms with Gasteiger partial charge in [-0.2, -0.15) is 0 Å². The summed E-state index contributed by atoms with van der Waals surface area (Å²) in [6.07, 6.45) is 0.792. The standard InChI is InChI=1S/C10H11N3O3.C2H6/c11-10(14)6-12-4-3-7-1-2-8(13(15)16)5-9(7)12;1-2/h1-2,5H,3-4,6H2,(H2,11,14);1-2H3. The number of hydrogen-bond donors (Lipinski definition) is 1. The highest BCUT2D eigenvalue weighted by Crippen LogP contribution is 2.31. The number of nitrogens with zero attached hydrogens (tertiary/aromatic N) is 2. The van der Waals surface area contributed by atoms with Crippen molar-refractivity contribution in [2.45, 2.75) is 20.3 Å². The van der Waals surface area contributed by atoms with Crippen LogP contribution in [-0.2, 0) is 11.2 Å². The van der Waals surface area contributed by atoms with Crippen molar-refractivity contribution in [3.8, 4) is 0 Å². The highest BCUT2D eigenvalue weighted by molar-refractivity contribution is 5.81. The Morgan fingerprint density at radius 2 is 2.17 bits per heavy atom. The molecule has 0 saturated heterocycles. The predicted molar refractivity (Wildman–Crippen MR) is 69.6 cm³/mol. The Hall–Kier alpha value is -2.11. The Morgan fingerprint density at radius 1 is 1.50 bits per heavy atom. The molecule has 1 amide bonds. The third kappa shape index (κ3) is 2.97. The molecular weight excluding hydrogens is 234 g/mol. The predicted octanol–water partition coefficient (Wildman–Crippen LogP) is 1.47. The lowest BCUT2D eigenvalue weighted by atomic mass is 10.1. The van der Waals surface area contributed by atoms with Gasteiger partial charge in [-0.05, 0) is 12.0 Å². The summed E-state index contributed by atoms with van der Waals surface area (Å²) >= 11 is 0. The number of fused-ring (bicyclic) bond motifs is 1. The first-order valence-electron chi connectivity index (χ1n) is 5.88. The van der Waals surface area contributed by atoms with Crippen LogP contribution < -0.4 is 10.6 Å². The quantitative estimate of drug-likeness (QED) is 0.650. The molecule has 0 radical (unpaired) electrons. The van der Waals surface area contributed by atoms with Crippen molar-refractivity contribution >= 4 is 17.3 Å². The fourth-order valence-corrected chi connectivity index (χ4v) is 1.90. The van der Waals surface area contributed by atoms with E-state index in [4.69, 9.17) is 5.73 Å². The van der Waals surface area contributed by atoms with Crippen LogP contribution >= 0.6 is 0 Å². The van der Waals surface area contributed by atoms with E-state index in [1.807, 2.05) is 13.8 Å². The molecule has 6 nitrogen and oxygen atoms in total. The highest BCUT2D eigenvalue weighted by atomic mass is 16.6. The van der Waals surface area contributed by atoms with E-state index < -0.39 is 10.8 Å². The largest absolute Gasteiger partial charge is 0.368 e. The van der Waals surface area contributed by atoms with Crippen LogP contribution in [0, 0.1) is 10.1 Å². The van der Waals surface area contributed by atoms with E-state index in [1.54, 1.807) is 11.0 Å². The number of nitro benzene ring substituents is 1. The summed E-state index contributed by atoms with van der Waals surface area (Å²) in [5, 5.41) is 10.6. The van der Waals surface area contributed by atoms with E-state index in [0.29, 0.717) is 6.54 Å². The summed E-state index contributed by atoms with van der Waals surface area (Å²) in [7, 11) is 0. The van der Waals surface area contributed by atoms with Crippen LogP contribution in [0.25, 0.3) is 0 Å². The summed E-state index contributed by atoms with van der Waals surface area (Å²) < 4.78 is 0. The molecule has 98 valence electrons. The lowest BCUT2D eigenvalue weighted by Crippen LogP contribution is -2.32. The van der Waals surface area contributed by atoms with Gasteiger partial charge >= 0.3 is 0 Å². The molecule has 0 bridgehead atoms. The number of non-ortho nitro benzene ring substituents is 1. The molecule has 2 rings (SSSR count). The van der Waals surface area contributed by atoms with Gasteiger partial charge in [0.1, 0.15) is 0 Å². The number of anilines is 1. The maximum Gasteiger partial charge on any atom is 0.271 e. The van der Waals surface area contributed by atoms with Crippen LogP contribution in [-0.4, -0.2) is 23.9 Å². The van der Waals surface area contributed by atoms with Crippen LogP contribution in [0.5, 0.6) is 0 Å². The van der Waals surface area contributed by atoms with Crippen LogP contribution in [0.2, 0.25) is 0 Å². The summed E-state index contributed by atoms with van der Waals surface area (Å²) in [4.78, 5) is 22.8. The van der Waals surface area contributed by atoms with E-state index >= 15 is 0 Å². The summed E-state index contributed by atoms with van der Waals surface area (Å²) in [5.74, 6) is -0.431. The zero-order chi connectivity index (χ0) is 13.7. The Kier molecular flexibility index (Phi) is 4.65. The average Bonchev–Trinajstić information content (AvgIpc) is 2.73. The molecule has 18 heavy (non-hydrogen) atoms. The van der Waals surface area contributed by atoms with Crippen LogP contribution in [0.4, 0.5) is 11.4 Å². The second-order valence-corrected chi connectivity index (χ2v) is 3.71. The Labute approximate surface area is 106 Å². The van der Waals surface area contributed by atoms with Gasteiger partial charge in [0.05, 0.1) is 11.5 Å². The van der Waals surface area contributed by atoms with Gasteiger partial charge in [-0.15, -0.1) is 0 Å². The molecule has 0 fully saturated rings. The molecule has 1 aromatic rings. The number of hydrogen-bond acceptors (Lipinski definition) is 4. The normalized spacial score (nSPS) is 12.4. The first-order chi connectivity index (χ1) is 8.58. The lowest BCUT2D eigenvalue weighted by Gasteiger charge is -2.16. The number of primary amides is 1. The van der Waals surface area contributed by atoms with Crippen molar-refractivity contribution < 1.29 is 9.72 Å². The number of benzene rings is 1. The molecule has 0 saturated carbocycles. The van der Waals surface area contributed by atoms with Gasteiger partial charge < -0.3 is 10.6 Å². The molecule has 0 spiro atoms. The zero-order valence-electron chi connectivity index (χ0n) is 10.5. The SMILES string of the molecule is CC.NC(=O)CN1CCc2ccc([N+](=O)[O-])cc21. The molecule has 6 heteroatoms. The van der Waals surface area contributed by atoms with E-state index in [9.17, 15) is 14.9 Å². The minimum absolute atomic E-state index is 0.0371. The zero-order valence-corrected chi connectivity index (χ0v) is 10.5. The van der Waals surface area contributed by atoms with E-state index in [2.05, 4.69) is 0 Å². The van der Waals surface area contributed by atoms with E-state index in [0.717, 1.165) is 17.7 Å². The highest BCUT2D eigenvalue weighted by Gasteiger charge is 2.22. The molecule has 1 aliphatic heterocycles. The van der Waals surface area contributed by atoms with Crippen molar-refractivity contribution in [3.63, 3.8) is 0 Å². The van der Waals surface area contributed by atoms with Gasteiger partial charge in [0.15, 0.2) is 0 Å². The van der Waals surface area contributed by atoms with Crippen molar-refractivity contribution in [2.75, 3.05) is 18.0 Å². The summed E-state index contributed by atoms with van der Waals surface area (Å²) in [6.45, 7) is 4.79. The summed E-state index contributed by atoms with van der Waals surface area (Å²) in [5.41, 5.74) is 6.91. The number of nitro groups is 1. The average molecular weight is 251 g/mol. The molecule has 0 unspecified atom stereocenters. The van der Waals surface area contributed by atoms with E-state index in [1.165, 1.54) is 12.1 Å². The fraction of sp³-hybridized carbons (Fsp3) is 0.417. The minimum atomic E-state index is -0.443. The Balaban J connectivity index is 0.000000771. The third-order valence-electron chi connectivity index (χ3n) is 2.62. The number of carbonyl (C=O) groups excluding carboxylic acids is 1. The smallest absolute Gasteiger partial charge is 0.271 e. The van der Waals surface area contributed by atoms with Crippen LogP contribution in [0.15, 0.2) is 18.2 Å². The van der Waals surface area contributed by atoms with Gasteiger partial charge in [-0.3, -0.25) is 14.9 Å². The van der Waals surface area contributed by atoms with E-state index in [-0.39, 0.29) is 12.2 Å². The second kappa shape index (κ2) is 6.00. The van der Waals surface area contributed by atoms with Crippen LogP contribution in [0.1, 0.15) is 19.4 Å². The van der Waals surface area contributed by atoms with Crippen molar-refractivity contribution in [2.24, 2.45) is 5.73 Å². The van der Waals surface area contributed by atoms with Gasteiger partial charge in [0.25, 0.3) is 5.69 Å². The number of carbonyl (C=O) groups is 1. The monoisotopic (exact) mass is 251 g/mol. The van der Waals surface area contributed by atoms with Crippen LogP contribution in [0.3, 0.4) is 0 Å². The minimum Gasteiger partial charge on any atom is -0.368 e. The maximum absolute atomic E-state index is 10.8. The van der Waals surface area contributed by atoms with Crippen molar-refractivity contribution in [1.82, 2.24) is 0 Å². The number of amides is 1. The third-order valence-corrected chi connectivity index (χ3v) is 2.62. The molecule has 2 N–H and O–H groups in total. The first-order valence-corrected chi connectivity index (χ1v) is 5.88. The Morgan fingerprint density at radius 3 is 2.72 bits per heavy atom. The molecule has 0 atom stereocenters. The number of rotatable bonds is 3. The molecule has 1 heterocycles. The van der Waals surface area contributed by atoms with Crippen molar-refractivity contribution in [3.05, 3.63) is 33.9 Å². The molecule has 0 aliphatic carbocycles. The maximum atomic E-state index is 10.8. The molecular formula is C12H17N3O3. The summed E-state index contributed by atoms with van der Waals surface area (Å²) in [6, 6.07) is 4.70. The number of nitrogens with two attached hydrogens (primary N) is 1. The molecule has 1 aliphatic rings. The first kappa shape index (κ1) is 14.0. The van der Waals surface area contributed by atoms with Gasteiger partial charge in [0.2, 0.25) is 5.91 Å². The van der Waals surface area contributed by atoms with Gasteiger partial charge in [0, 0.05) is 24.4 Å². The molecule has 1 aromatic carbocycles.